The molecule has 0 spiro atoms. The summed E-state index contributed by atoms with van der Waals surface area (Å²) < 4.78 is 30.3. The molecule has 0 saturated carbocycles. The third-order valence-corrected chi connectivity index (χ3v) is 4.07. The van der Waals surface area contributed by atoms with Crippen molar-refractivity contribution in [3.8, 4) is 0 Å². The van der Waals surface area contributed by atoms with Crippen molar-refractivity contribution in [2.45, 2.75) is 13.1 Å². The number of nitrogens with zero attached hydrogens (tertiary/aromatic N) is 5. The first-order valence-electron chi connectivity index (χ1n) is 7.89. The van der Waals surface area contributed by atoms with Crippen molar-refractivity contribution < 1.29 is 8.78 Å². The molecule has 0 bridgehead atoms. The van der Waals surface area contributed by atoms with E-state index in [4.69, 9.17) is 0 Å². The number of benzene rings is 2. The smallest absolute Gasteiger partial charge is 0.283 e. The van der Waals surface area contributed by atoms with Gasteiger partial charge >= 0.3 is 0 Å². The van der Waals surface area contributed by atoms with Crippen LogP contribution in [0.2, 0.25) is 0 Å². The maximum atomic E-state index is 13.8. The number of rotatable bonds is 4. The van der Waals surface area contributed by atoms with Gasteiger partial charge in [-0.15, -0.1) is 5.10 Å². The number of halogens is 2. The lowest BCUT2D eigenvalue weighted by Crippen LogP contribution is -2.22. The fourth-order valence-corrected chi connectivity index (χ4v) is 2.70. The van der Waals surface area contributed by atoms with Gasteiger partial charge in [-0.2, -0.15) is 0 Å². The molecule has 26 heavy (non-hydrogen) atoms. The third kappa shape index (κ3) is 2.85. The maximum Gasteiger partial charge on any atom is 0.283 e. The normalized spacial score (nSPS) is 11.2. The van der Waals surface area contributed by atoms with Gasteiger partial charge in [0.15, 0.2) is 11.2 Å². The summed E-state index contributed by atoms with van der Waals surface area (Å²) in [6.45, 7) is 0.140. The van der Waals surface area contributed by atoms with E-state index in [0.717, 1.165) is 0 Å². The Hall–Kier alpha value is -3.42. The molecule has 0 aliphatic rings. The topological polar surface area (TPSA) is 65.6 Å². The lowest BCUT2D eigenvalue weighted by molar-refractivity contribution is 0.581. The minimum absolute atomic E-state index is 0.0363. The van der Waals surface area contributed by atoms with Crippen LogP contribution in [0.1, 0.15) is 11.1 Å². The molecule has 2 aromatic heterocycles. The fourth-order valence-electron chi connectivity index (χ4n) is 2.70. The SMILES string of the molecule is O=c1c2nnn(Cc3ccccc3F)c2ncn1Cc1ccccc1F. The Balaban J connectivity index is 1.71. The van der Waals surface area contributed by atoms with E-state index in [1.807, 2.05) is 0 Å². The predicted molar refractivity (Wildman–Crippen MR) is 90.6 cm³/mol. The van der Waals surface area contributed by atoms with E-state index >= 15 is 0 Å². The average Bonchev–Trinajstić information content (AvgIpc) is 3.05. The van der Waals surface area contributed by atoms with Crippen molar-refractivity contribution in [3.63, 3.8) is 0 Å². The van der Waals surface area contributed by atoms with Crippen molar-refractivity contribution in [2.75, 3.05) is 0 Å². The molecule has 4 rings (SSSR count). The molecule has 0 unspecified atom stereocenters. The summed E-state index contributed by atoms with van der Waals surface area (Å²) in [5.74, 6) is -0.772. The van der Waals surface area contributed by atoms with Gasteiger partial charge in [0, 0.05) is 11.1 Å². The monoisotopic (exact) mass is 353 g/mol. The van der Waals surface area contributed by atoms with Crippen LogP contribution in [-0.2, 0) is 13.1 Å². The summed E-state index contributed by atoms with van der Waals surface area (Å²) in [5.41, 5.74) is 0.660. The van der Waals surface area contributed by atoms with Crippen LogP contribution in [0.3, 0.4) is 0 Å². The van der Waals surface area contributed by atoms with Gasteiger partial charge in [0.1, 0.15) is 18.0 Å². The molecule has 130 valence electrons. The van der Waals surface area contributed by atoms with Crippen molar-refractivity contribution >= 4 is 11.2 Å². The summed E-state index contributed by atoms with van der Waals surface area (Å²) in [7, 11) is 0. The highest BCUT2D eigenvalue weighted by Crippen LogP contribution is 2.12. The quantitative estimate of drug-likeness (QED) is 0.565. The largest absolute Gasteiger partial charge is 0.293 e. The molecule has 0 aliphatic heterocycles. The van der Waals surface area contributed by atoms with Crippen molar-refractivity contribution in [2.24, 2.45) is 0 Å². The molecular formula is C18H13F2N5O. The first-order chi connectivity index (χ1) is 12.6. The Morgan fingerprint density at radius 2 is 1.50 bits per heavy atom. The van der Waals surface area contributed by atoms with Gasteiger partial charge in [0.2, 0.25) is 0 Å². The minimum atomic E-state index is -0.432. The van der Waals surface area contributed by atoms with Crippen LogP contribution in [0.25, 0.3) is 11.2 Å². The van der Waals surface area contributed by atoms with E-state index in [1.54, 1.807) is 36.4 Å². The van der Waals surface area contributed by atoms with Gasteiger partial charge in [-0.3, -0.25) is 9.36 Å². The zero-order valence-electron chi connectivity index (χ0n) is 13.5. The van der Waals surface area contributed by atoms with Crippen LogP contribution in [0.4, 0.5) is 8.78 Å². The zero-order valence-corrected chi connectivity index (χ0v) is 13.5. The minimum Gasteiger partial charge on any atom is -0.293 e. The van der Waals surface area contributed by atoms with E-state index in [9.17, 15) is 13.6 Å². The Morgan fingerprint density at radius 1 is 0.885 bits per heavy atom. The molecule has 0 atom stereocenters. The first kappa shape index (κ1) is 16.1. The molecule has 4 aromatic rings. The lowest BCUT2D eigenvalue weighted by atomic mass is 10.2. The maximum absolute atomic E-state index is 13.8. The van der Waals surface area contributed by atoms with E-state index < -0.39 is 11.4 Å². The van der Waals surface area contributed by atoms with Gasteiger partial charge in [0.05, 0.1) is 13.1 Å². The summed E-state index contributed by atoms with van der Waals surface area (Å²) in [6, 6.07) is 12.5. The summed E-state index contributed by atoms with van der Waals surface area (Å²) in [4.78, 5) is 16.8. The van der Waals surface area contributed by atoms with E-state index in [1.165, 1.54) is 27.7 Å². The second-order valence-corrected chi connectivity index (χ2v) is 5.78. The lowest BCUT2D eigenvalue weighted by Gasteiger charge is -2.07. The van der Waals surface area contributed by atoms with Crippen molar-refractivity contribution in [3.05, 3.63) is 88.0 Å². The van der Waals surface area contributed by atoms with Crippen molar-refractivity contribution in [1.82, 2.24) is 24.5 Å². The van der Waals surface area contributed by atoms with E-state index in [-0.39, 0.29) is 30.1 Å². The Kier molecular flexibility index (Phi) is 4.00. The number of aromatic nitrogens is 5. The van der Waals surface area contributed by atoms with Crippen LogP contribution in [0.15, 0.2) is 59.7 Å². The van der Waals surface area contributed by atoms with Crippen LogP contribution in [-0.4, -0.2) is 24.5 Å². The Labute approximate surface area is 146 Å². The van der Waals surface area contributed by atoms with Crippen LogP contribution >= 0.6 is 0 Å². The molecule has 0 aliphatic carbocycles. The third-order valence-electron chi connectivity index (χ3n) is 4.07. The van der Waals surface area contributed by atoms with Crippen LogP contribution in [0.5, 0.6) is 0 Å². The number of hydrogen-bond donors (Lipinski definition) is 0. The highest BCUT2D eigenvalue weighted by atomic mass is 19.1. The van der Waals surface area contributed by atoms with Gasteiger partial charge in [-0.05, 0) is 12.1 Å². The van der Waals surface area contributed by atoms with Gasteiger partial charge in [-0.25, -0.2) is 18.4 Å². The van der Waals surface area contributed by atoms with Gasteiger partial charge < -0.3 is 0 Å². The fraction of sp³-hybridized carbons (Fsp3) is 0.111. The predicted octanol–water partition coefficient (Wildman–Crippen LogP) is 2.36. The second kappa shape index (κ2) is 6.47. The molecule has 0 N–H and O–H groups in total. The van der Waals surface area contributed by atoms with Gasteiger partial charge in [-0.1, -0.05) is 41.6 Å². The van der Waals surface area contributed by atoms with E-state index in [2.05, 4.69) is 15.3 Å². The molecule has 0 amide bonds. The average molecular weight is 353 g/mol. The molecule has 2 aromatic carbocycles. The molecule has 8 heteroatoms. The van der Waals surface area contributed by atoms with Gasteiger partial charge in [0.25, 0.3) is 5.56 Å². The summed E-state index contributed by atoms with van der Waals surface area (Å²) in [5, 5.41) is 7.78. The molecule has 0 radical (unpaired) electrons. The van der Waals surface area contributed by atoms with E-state index in [0.29, 0.717) is 11.1 Å². The molecular weight excluding hydrogens is 340 g/mol. The molecule has 0 saturated heterocycles. The first-order valence-corrected chi connectivity index (χ1v) is 7.89. The molecule has 6 nitrogen and oxygen atoms in total. The molecule has 2 heterocycles. The second-order valence-electron chi connectivity index (χ2n) is 5.78. The Bertz CT molecular complexity index is 1150. The zero-order chi connectivity index (χ0) is 18.1. The number of fused-ring (bicyclic) bond motifs is 1. The van der Waals surface area contributed by atoms with Crippen LogP contribution < -0.4 is 5.56 Å². The highest BCUT2D eigenvalue weighted by Gasteiger charge is 2.14. The highest BCUT2D eigenvalue weighted by molar-refractivity contribution is 5.67. The standard InChI is InChI=1S/C18H13F2N5O/c19-14-7-3-1-5-12(14)9-24-11-21-17-16(18(24)26)22-23-25(17)10-13-6-2-4-8-15(13)20/h1-8,11H,9-10H2. The molecule has 0 fully saturated rings. The van der Waals surface area contributed by atoms with Crippen LogP contribution in [0, 0.1) is 11.6 Å². The summed E-state index contributed by atoms with van der Waals surface area (Å²) >= 11 is 0. The van der Waals surface area contributed by atoms with Crippen molar-refractivity contribution in [1.29, 1.82) is 0 Å². The summed E-state index contributed by atoms with van der Waals surface area (Å²) in [6.07, 6.45) is 1.32. The number of hydrogen-bond acceptors (Lipinski definition) is 4. The Morgan fingerprint density at radius 3 is 2.15 bits per heavy atom.